The number of phenolic OH excluding ortho intramolecular Hbond substituents is 1. The summed E-state index contributed by atoms with van der Waals surface area (Å²) in [5.74, 6) is 0.0653. The molecule has 0 radical (unpaired) electrons. The Bertz CT molecular complexity index is 638. The molecule has 0 fully saturated rings. The number of hydrogen-bond acceptors (Lipinski definition) is 3. The van der Waals surface area contributed by atoms with E-state index in [-0.39, 0.29) is 11.7 Å². The number of benzene rings is 2. The summed E-state index contributed by atoms with van der Waals surface area (Å²) in [5, 5.41) is 9.73. The van der Waals surface area contributed by atoms with Crippen LogP contribution in [-0.4, -0.2) is 23.0 Å². The minimum absolute atomic E-state index is 0.125. The number of amides is 1. The molecule has 0 unspecified atom stereocenters. The van der Waals surface area contributed by atoms with Crippen molar-refractivity contribution in [1.29, 1.82) is 0 Å². The van der Waals surface area contributed by atoms with Gasteiger partial charge >= 0.3 is 0 Å². The van der Waals surface area contributed by atoms with Gasteiger partial charge in [0.25, 0.3) is 5.91 Å². The Labute approximate surface area is 118 Å². The average molecular weight is 270 g/mol. The Morgan fingerprint density at radius 3 is 2.60 bits per heavy atom. The summed E-state index contributed by atoms with van der Waals surface area (Å²) in [6, 6.07) is 12.3. The number of aryl methyl sites for hydroxylation is 1. The van der Waals surface area contributed by atoms with Gasteiger partial charge in [0.1, 0.15) is 5.75 Å². The zero-order valence-electron chi connectivity index (χ0n) is 11.6. The number of rotatable bonds is 3. The number of phenols is 1. The summed E-state index contributed by atoms with van der Waals surface area (Å²) >= 11 is 0. The second-order valence-electron chi connectivity index (χ2n) is 4.86. The smallest absolute Gasteiger partial charge is 0.253 e. The molecule has 4 nitrogen and oxygen atoms in total. The normalized spacial score (nSPS) is 10.3. The number of hydrogen-bond donors (Lipinski definition) is 2. The summed E-state index contributed by atoms with van der Waals surface area (Å²) in [4.78, 5) is 13.9. The third-order valence-corrected chi connectivity index (χ3v) is 3.27. The third kappa shape index (κ3) is 2.91. The molecule has 0 aliphatic rings. The van der Waals surface area contributed by atoms with Crippen LogP contribution in [0.3, 0.4) is 0 Å². The fourth-order valence-corrected chi connectivity index (χ4v) is 1.97. The average Bonchev–Trinajstić information content (AvgIpc) is 2.43. The van der Waals surface area contributed by atoms with Gasteiger partial charge in [-0.1, -0.05) is 24.3 Å². The van der Waals surface area contributed by atoms with E-state index in [1.54, 1.807) is 42.3 Å². The quantitative estimate of drug-likeness (QED) is 0.842. The largest absolute Gasteiger partial charge is 0.508 e. The highest BCUT2D eigenvalue weighted by Crippen LogP contribution is 2.19. The minimum Gasteiger partial charge on any atom is -0.508 e. The van der Waals surface area contributed by atoms with E-state index in [2.05, 4.69) is 0 Å². The summed E-state index contributed by atoms with van der Waals surface area (Å²) < 4.78 is 0. The second kappa shape index (κ2) is 5.65. The first-order valence-electron chi connectivity index (χ1n) is 6.37. The van der Waals surface area contributed by atoms with Crippen molar-refractivity contribution in [2.24, 2.45) is 0 Å². The van der Waals surface area contributed by atoms with E-state index >= 15 is 0 Å². The van der Waals surface area contributed by atoms with Crippen LogP contribution in [0.1, 0.15) is 21.5 Å². The van der Waals surface area contributed by atoms with Gasteiger partial charge in [0.15, 0.2) is 0 Å². The minimum atomic E-state index is -0.125. The molecule has 0 aromatic heterocycles. The van der Waals surface area contributed by atoms with Crippen molar-refractivity contribution in [3.63, 3.8) is 0 Å². The molecule has 3 N–H and O–H groups in total. The molecule has 20 heavy (non-hydrogen) atoms. The van der Waals surface area contributed by atoms with Gasteiger partial charge in [0.2, 0.25) is 0 Å². The van der Waals surface area contributed by atoms with Gasteiger partial charge in [0.05, 0.1) is 0 Å². The van der Waals surface area contributed by atoms with E-state index in [0.29, 0.717) is 23.4 Å². The topological polar surface area (TPSA) is 66.6 Å². The fourth-order valence-electron chi connectivity index (χ4n) is 1.97. The van der Waals surface area contributed by atoms with Crippen molar-refractivity contribution in [3.05, 3.63) is 59.2 Å². The van der Waals surface area contributed by atoms with E-state index in [9.17, 15) is 9.90 Å². The van der Waals surface area contributed by atoms with E-state index in [4.69, 9.17) is 5.73 Å². The summed E-state index contributed by atoms with van der Waals surface area (Å²) in [7, 11) is 1.70. The van der Waals surface area contributed by atoms with Gasteiger partial charge in [-0.25, -0.2) is 0 Å². The maximum absolute atomic E-state index is 12.3. The van der Waals surface area contributed by atoms with Gasteiger partial charge in [-0.3, -0.25) is 4.79 Å². The maximum atomic E-state index is 12.3. The zero-order valence-corrected chi connectivity index (χ0v) is 11.6. The zero-order chi connectivity index (χ0) is 14.7. The molecule has 2 aromatic carbocycles. The number of para-hydroxylation sites is 1. The SMILES string of the molecule is Cc1ccc(C(=O)N(C)Cc2ccccc2O)cc1N. The van der Waals surface area contributed by atoms with Crippen molar-refractivity contribution in [3.8, 4) is 5.75 Å². The predicted molar refractivity (Wildman–Crippen MR) is 79.5 cm³/mol. The van der Waals surface area contributed by atoms with Crippen molar-refractivity contribution >= 4 is 11.6 Å². The lowest BCUT2D eigenvalue weighted by atomic mass is 10.1. The number of nitrogens with two attached hydrogens (primary N) is 1. The van der Waals surface area contributed by atoms with Crippen LogP contribution < -0.4 is 5.73 Å². The molecule has 4 heteroatoms. The molecule has 0 aliphatic heterocycles. The molecular weight excluding hydrogens is 252 g/mol. The molecule has 0 saturated heterocycles. The van der Waals surface area contributed by atoms with Gasteiger partial charge < -0.3 is 15.7 Å². The standard InChI is InChI=1S/C16H18N2O2/c1-11-7-8-12(9-14(11)17)16(20)18(2)10-13-5-3-4-6-15(13)19/h3-9,19H,10,17H2,1-2H3. The Balaban J connectivity index is 2.16. The molecule has 104 valence electrons. The molecular formula is C16H18N2O2. The molecule has 2 rings (SSSR count). The molecule has 0 bridgehead atoms. The van der Waals surface area contributed by atoms with E-state index < -0.39 is 0 Å². The summed E-state index contributed by atoms with van der Waals surface area (Å²) in [6.45, 7) is 2.24. The van der Waals surface area contributed by atoms with Crippen molar-refractivity contribution in [2.45, 2.75) is 13.5 Å². The first kappa shape index (κ1) is 13.9. The molecule has 0 heterocycles. The highest BCUT2D eigenvalue weighted by atomic mass is 16.3. The second-order valence-corrected chi connectivity index (χ2v) is 4.86. The molecule has 0 saturated carbocycles. The Kier molecular flexibility index (Phi) is 3.94. The van der Waals surface area contributed by atoms with Crippen LogP contribution >= 0.6 is 0 Å². The third-order valence-electron chi connectivity index (χ3n) is 3.27. The number of anilines is 1. The predicted octanol–water partition coefficient (Wildman–Crippen LogP) is 2.56. The van der Waals surface area contributed by atoms with Crippen LogP contribution in [0.15, 0.2) is 42.5 Å². The lowest BCUT2D eigenvalue weighted by Gasteiger charge is -2.18. The Hall–Kier alpha value is -2.49. The molecule has 0 spiro atoms. The van der Waals surface area contributed by atoms with Crippen molar-refractivity contribution in [1.82, 2.24) is 4.90 Å². The van der Waals surface area contributed by atoms with Crippen LogP contribution in [0.5, 0.6) is 5.75 Å². The number of carbonyl (C=O) groups is 1. The lowest BCUT2D eigenvalue weighted by molar-refractivity contribution is 0.0784. The molecule has 1 amide bonds. The summed E-state index contributed by atoms with van der Waals surface area (Å²) in [6.07, 6.45) is 0. The highest BCUT2D eigenvalue weighted by Gasteiger charge is 2.14. The molecule has 0 atom stereocenters. The van der Waals surface area contributed by atoms with Crippen LogP contribution in [0.4, 0.5) is 5.69 Å². The summed E-state index contributed by atoms with van der Waals surface area (Å²) in [5.41, 5.74) is 8.64. The fraction of sp³-hybridized carbons (Fsp3) is 0.188. The Morgan fingerprint density at radius 1 is 1.25 bits per heavy atom. The van der Waals surface area contributed by atoms with Gasteiger partial charge in [-0.05, 0) is 30.7 Å². The number of carbonyl (C=O) groups excluding carboxylic acids is 1. The number of aromatic hydroxyl groups is 1. The van der Waals surface area contributed by atoms with Crippen LogP contribution in [-0.2, 0) is 6.54 Å². The monoisotopic (exact) mass is 270 g/mol. The Morgan fingerprint density at radius 2 is 1.95 bits per heavy atom. The van der Waals surface area contributed by atoms with Crippen LogP contribution in [0.25, 0.3) is 0 Å². The maximum Gasteiger partial charge on any atom is 0.253 e. The molecule has 2 aromatic rings. The van der Waals surface area contributed by atoms with Gasteiger partial charge in [-0.2, -0.15) is 0 Å². The van der Waals surface area contributed by atoms with Crippen LogP contribution in [0, 0.1) is 6.92 Å². The van der Waals surface area contributed by atoms with E-state index in [1.807, 2.05) is 19.1 Å². The van der Waals surface area contributed by atoms with Gasteiger partial charge in [-0.15, -0.1) is 0 Å². The number of nitrogens with zero attached hydrogens (tertiary/aromatic N) is 1. The lowest BCUT2D eigenvalue weighted by Crippen LogP contribution is -2.26. The van der Waals surface area contributed by atoms with Gasteiger partial charge in [0, 0.05) is 30.4 Å². The number of nitrogen functional groups attached to an aromatic ring is 1. The van der Waals surface area contributed by atoms with Crippen molar-refractivity contribution in [2.75, 3.05) is 12.8 Å². The first-order valence-corrected chi connectivity index (χ1v) is 6.37. The first-order chi connectivity index (χ1) is 9.49. The van der Waals surface area contributed by atoms with E-state index in [0.717, 1.165) is 5.56 Å². The molecule has 0 aliphatic carbocycles. The van der Waals surface area contributed by atoms with E-state index in [1.165, 1.54) is 0 Å². The highest BCUT2D eigenvalue weighted by molar-refractivity contribution is 5.95. The van der Waals surface area contributed by atoms with Crippen LogP contribution in [0.2, 0.25) is 0 Å². The van der Waals surface area contributed by atoms with Crippen molar-refractivity contribution < 1.29 is 9.90 Å².